The number of phenols is 1. The van der Waals surface area contributed by atoms with Crippen LogP contribution < -0.4 is 10.9 Å². The van der Waals surface area contributed by atoms with E-state index in [9.17, 15) is 27.9 Å². The predicted octanol–water partition coefficient (Wildman–Crippen LogP) is 3.93. The summed E-state index contributed by atoms with van der Waals surface area (Å²) in [5.41, 5.74) is 6.11. The zero-order valence-corrected chi connectivity index (χ0v) is 19.8. The number of ketones is 1. The van der Waals surface area contributed by atoms with Gasteiger partial charge in [-0.2, -0.15) is 13.2 Å². The monoisotopic (exact) mass is 504 g/mol. The number of carboxylic acid groups (broad SMARTS) is 1. The van der Waals surface area contributed by atoms with Gasteiger partial charge in [0.1, 0.15) is 5.75 Å². The Kier molecular flexibility index (Phi) is 8.19. The van der Waals surface area contributed by atoms with Crippen LogP contribution in [0.3, 0.4) is 0 Å². The molecule has 0 atom stereocenters. The SMILES string of the molecule is CCc1cc2c(cc1CC)CC(NCC(=O)c1ccc(O)c3[nH]c(=O)ccc13)C2.O=C(O)C(F)(F)F. The number of aromatic hydroxyl groups is 1. The summed E-state index contributed by atoms with van der Waals surface area (Å²) in [4.78, 5) is 35.9. The molecule has 0 spiro atoms. The van der Waals surface area contributed by atoms with E-state index < -0.39 is 12.1 Å². The molecule has 10 heteroatoms. The molecule has 4 rings (SSSR count). The van der Waals surface area contributed by atoms with Crippen LogP contribution in [0, 0.1) is 0 Å². The summed E-state index contributed by atoms with van der Waals surface area (Å²) in [6.45, 7) is 4.61. The van der Waals surface area contributed by atoms with E-state index in [2.05, 4.69) is 36.3 Å². The quantitative estimate of drug-likeness (QED) is 0.378. The van der Waals surface area contributed by atoms with E-state index in [4.69, 9.17) is 9.90 Å². The first-order valence-corrected chi connectivity index (χ1v) is 11.5. The molecular weight excluding hydrogens is 477 g/mol. The predicted molar refractivity (Wildman–Crippen MR) is 129 cm³/mol. The number of fused-ring (bicyclic) bond motifs is 2. The van der Waals surface area contributed by atoms with Gasteiger partial charge >= 0.3 is 12.1 Å². The number of hydrogen-bond donors (Lipinski definition) is 4. The molecule has 0 unspecified atom stereocenters. The molecule has 1 heterocycles. The number of carbonyl (C=O) groups excluding carboxylic acids is 1. The van der Waals surface area contributed by atoms with Gasteiger partial charge in [0.2, 0.25) is 5.56 Å². The van der Waals surface area contributed by atoms with Crippen LogP contribution in [0.1, 0.15) is 46.5 Å². The van der Waals surface area contributed by atoms with Crippen molar-refractivity contribution in [2.45, 2.75) is 51.7 Å². The Bertz CT molecular complexity index is 1310. The summed E-state index contributed by atoms with van der Waals surface area (Å²) in [6, 6.07) is 10.9. The second-order valence-electron chi connectivity index (χ2n) is 8.55. The molecule has 4 N–H and O–H groups in total. The Morgan fingerprint density at radius 2 is 1.58 bits per heavy atom. The third kappa shape index (κ3) is 6.12. The average Bonchev–Trinajstić information content (AvgIpc) is 3.23. The number of carboxylic acids is 1. The Balaban J connectivity index is 0.000000454. The highest BCUT2D eigenvalue weighted by Gasteiger charge is 2.38. The van der Waals surface area contributed by atoms with E-state index in [-0.39, 0.29) is 29.7 Å². The molecule has 0 saturated heterocycles. The minimum atomic E-state index is -5.08. The molecule has 0 amide bonds. The maximum atomic E-state index is 12.8. The van der Waals surface area contributed by atoms with Crippen LogP contribution in [0.25, 0.3) is 10.9 Å². The van der Waals surface area contributed by atoms with Gasteiger partial charge in [-0.1, -0.05) is 26.0 Å². The largest absolute Gasteiger partial charge is 0.506 e. The van der Waals surface area contributed by atoms with Crippen molar-refractivity contribution in [2.24, 2.45) is 0 Å². The number of carbonyl (C=O) groups is 2. The second-order valence-corrected chi connectivity index (χ2v) is 8.55. The molecule has 36 heavy (non-hydrogen) atoms. The number of aliphatic carboxylic acids is 1. The van der Waals surface area contributed by atoms with E-state index in [1.54, 1.807) is 12.1 Å². The number of phenolic OH excluding ortho intramolecular Hbond substituents is 1. The molecule has 192 valence electrons. The highest BCUT2D eigenvalue weighted by molar-refractivity contribution is 6.09. The van der Waals surface area contributed by atoms with Crippen LogP contribution in [0.5, 0.6) is 5.75 Å². The van der Waals surface area contributed by atoms with Gasteiger partial charge in [-0.15, -0.1) is 0 Å². The lowest BCUT2D eigenvalue weighted by Gasteiger charge is -2.12. The standard InChI is InChI=1S/C24H26N2O3.C2HF3O2/c1-3-14-9-16-11-18(12-17(16)10-15(14)4-2)25-13-22(28)19-5-7-21(27)24-20(19)6-8-23(29)26-24;3-2(4,5)1(6)7/h5-10,18,25,27H,3-4,11-13H2,1-2H3,(H,26,29);(H,6,7). The van der Waals surface area contributed by atoms with Gasteiger partial charge in [-0.05, 0) is 66.1 Å². The third-order valence-corrected chi connectivity index (χ3v) is 6.18. The summed E-state index contributed by atoms with van der Waals surface area (Å²) < 4.78 is 31.7. The van der Waals surface area contributed by atoms with Gasteiger partial charge in [0.15, 0.2) is 5.78 Å². The van der Waals surface area contributed by atoms with Crippen LogP contribution >= 0.6 is 0 Å². The van der Waals surface area contributed by atoms with Crippen LogP contribution in [-0.2, 0) is 30.5 Å². The first-order chi connectivity index (χ1) is 16.9. The number of aromatic amines is 1. The van der Waals surface area contributed by atoms with E-state index in [1.807, 2.05) is 0 Å². The van der Waals surface area contributed by atoms with Gasteiger partial charge in [-0.25, -0.2) is 4.79 Å². The summed E-state index contributed by atoms with van der Waals surface area (Å²) in [5.74, 6) is -2.85. The topological polar surface area (TPSA) is 119 Å². The molecule has 1 aliphatic carbocycles. The van der Waals surface area contributed by atoms with Crippen LogP contribution in [0.2, 0.25) is 0 Å². The van der Waals surface area contributed by atoms with Crippen molar-refractivity contribution in [3.05, 3.63) is 74.6 Å². The molecule has 0 bridgehead atoms. The van der Waals surface area contributed by atoms with E-state index in [0.29, 0.717) is 16.5 Å². The number of hydrogen-bond acceptors (Lipinski definition) is 5. The van der Waals surface area contributed by atoms with E-state index >= 15 is 0 Å². The number of aryl methyl sites for hydroxylation is 2. The van der Waals surface area contributed by atoms with Gasteiger partial charge < -0.3 is 20.5 Å². The van der Waals surface area contributed by atoms with Crippen molar-refractivity contribution in [3.8, 4) is 5.75 Å². The van der Waals surface area contributed by atoms with Crippen molar-refractivity contribution in [2.75, 3.05) is 6.54 Å². The first kappa shape index (κ1) is 26.9. The zero-order chi connectivity index (χ0) is 26.6. The van der Waals surface area contributed by atoms with Crippen molar-refractivity contribution in [1.82, 2.24) is 10.3 Å². The molecule has 7 nitrogen and oxygen atoms in total. The molecule has 1 aliphatic rings. The number of Topliss-reactive ketones (excluding diaryl/α,β-unsaturated/α-hetero) is 1. The number of nitrogens with one attached hydrogen (secondary N) is 2. The lowest BCUT2D eigenvalue weighted by atomic mass is 9.97. The molecule has 0 radical (unpaired) electrons. The molecular formula is C26H27F3N2O5. The van der Waals surface area contributed by atoms with Crippen LogP contribution in [-0.4, -0.2) is 45.7 Å². The number of aromatic nitrogens is 1. The van der Waals surface area contributed by atoms with Crippen LogP contribution in [0.15, 0.2) is 41.2 Å². The highest BCUT2D eigenvalue weighted by Crippen LogP contribution is 2.28. The van der Waals surface area contributed by atoms with E-state index in [0.717, 1.165) is 25.7 Å². The Morgan fingerprint density at radius 1 is 1.03 bits per heavy atom. The Labute approximate surface area is 205 Å². The summed E-state index contributed by atoms with van der Waals surface area (Å²) in [7, 11) is 0. The minimum Gasteiger partial charge on any atom is -0.506 e. The molecule has 0 fully saturated rings. The van der Waals surface area contributed by atoms with Crippen molar-refractivity contribution in [3.63, 3.8) is 0 Å². The smallest absolute Gasteiger partial charge is 0.490 e. The minimum absolute atomic E-state index is 0.0353. The molecule has 2 aromatic carbocycles. The fourth-order valence-corrected chi connectivity index (χ4v) is 4.39. The third-order valence-electron chi connectivity index (χ3n) is 6.18. The maximum Gasteiger partial charge on any atom is 0.490 e. The van der Waals surface area contributed by atoms with Crippen molar-refractivity contribution in [1.29, 1.82) is 0 Å². The fourth-order valence-electron chi connectivity index (χ4n) is 4.39. The summed E-state index contributed by atoms with van der Waals surface area (Å²) >= 11 is 0. The second kappa shape index (κ2) is 10.9. The highest BCUT2D eigenvalue weighted by atomic mass is 19.4. The zero-order valence-electron chi connectivity index (χ0n) is 19.8. The number of pyridine rings is 1. The van der Waals surface area contributed by atoms with Gasteiger partial charge in [0, 0.05) is 23.1 Å². The number of halogens is 3. The number of benzene rings is 2. The lowest BCUT2D eigenvalue weighted by molar-refractivity contribution is -0.192. The van der Waals surface area contributed by atoms with Gasteiger partial charge in [0.05, 0.1) is 12.1 Å². The lowest BCUT2D eigenvalue weighted by Crippen LogP contribution is -2.34. The molecule has 0 saturated carbocycles. The number of alkyl halides is 3. The van der Waals surface area contributed by atoms with Crippen LogP contribution in [0.4, 0.5) is 13.2 Å². The Hall–Kier alpha value is -3.66. The first-order valence-electron chi connectivity index (χ1n) is 11.5. The normalized spacial score (nSPS) is 13.2. The van der Waals surface area contributed by atoms with Gasteiger partial charge in [-0.3, -0.25) is 9.59 Å². The fraction of sp³-hybridized carbons (Fsp3) is 0.346. The Morgan fingerprint density at radius 3 is 2.08 bits per heavy atom. The average molecular weight is 505 g/mol. The number of rotatable bonds is 6. The number of H-pyrrole nitrogens is 1. The van der Waals surface area contributed by atoms with Crippen molar-refractivity contribution >= 4 is 22.7 Å². The van der Waals surface area contributed by atoms with Crippen molar-refractivity contribution < 1.29 is 33.0 Å². The molecule has 1 aromatic heterocycles. The summed E-state index contributed by atoms with van der Waals surface area (Å²) in [6.07, 6.45) is -1.13. The maximum absolute atomic E-state index is 12.8. The molecule has 3 aromatic rings. The van der Waals surface area contributed by atoms with Gasteiger partial charge in [0.25, 0.3) is 0 Å². The molecule has 0 aliphatic heterocycles. The summed E-state index contributed by atoms with van der Waals surface area (Å²) in [5, 5.41) is 21.1. The van der Waals surface area contributed by atoms with E-state index in [1.165, 1.54) is 34.4 Å².